The van der Waals surface area contributed by atoms with Gasteiger partial charge in [-0.3, -0.25) is 0 Å². The molecule has 0 fully saturated rings. The van der Waals surface area contributed by atoms with E-state index in [0.717, 1.165) is 48.1 Å². The molecule has 1 aromatic carbocycles. The SMILES string of the molecule is COC(=O)C1=C(C(=O)OC)N(c2ccc3oc4c(c3c2)CCCC4)C=CC=C1. The molecule has 2 aliphatic rings. The van der Waals surface area contributed by atoms with Crippen LogP contribution in [0, 0.1) is 0 Å². The molecule has 0 atom stereocenters. The minimum absolute atomic E-state index is 0.107. The molecule has 0 saturated heterocycles. The predicted octanol–water partition coefficient (Wildman–Crippen LogP) is 3.80. The van der Waals surface area contributed by atoms with Crippen molar-refractivity contribution in [2.45, 2.75) is 25.7 Å². The molecule has 144 valence electrons. The molecule has 0 radical (unpaired) electrons. The zero-order chi connectivity index (χ0) is 19.7. The molecule has 2 aromatic rings. The number of carbonyl (C=O) groups is 2. The Balaban J connectivity index is 1.88. The molecule has 6 nitrogen and oxygen atoms in total. The number of aryl methyl sites for hydroxylation is 2. The molecular formula is C22H21NO5. The fourth-order valence-electron chi connectivity index (χ4n) is 3.77. The van der Waals surface area contributed by atoms with E-state index < -0.39 is 11.9 Å². The van der Waals surface area contributed by atoms with E-state index in [2.05, 4.69) is 0 Å². The van der Waals surface area contributed by atoms with Gasteiger partial charge < -0.3 is 18.8 Å². The maximum absolute atomic E-state index is 12.6. The van der Waals surface area contributed by atoms with Crippen LogP contribution in [0.5, 0.6) is 0 Å². The molecule has 0 saturated carbocycles. The van der Waals surface area contributed by atoms with E-state index in [0.29, 0.717) is 0 Å². The van der Waals surface area contributed by atoms with Gasteiger partial charge >= 0.3 is 11.9 Å². The van der Waals surface area contributed by atoms with E-state index in [4.69, 9.17) is 13.9 Å². The number of rotatable bonds is 3. The van der Waals surface area contributed by atoms with Crippen LogP contribution in [0.2, 0.25) is 0 Å². The number of anilines is 1. The summed E-state index contributed by atoms with van der Waals surface area (Å²) in [5, 5.41) is 1.04. The molecule has 0 amide bonds. The molecular weight excluding hydrogens is 358 g/mol. The van der Waals surface area contributed by atoms with Crippen molar-refractivity contribution in [3.8, 4) is 0 Å². The average molecular weight is 379 g/mol. The van der Waals surface area contributed by atoms with Crippen LogP contribution in [-0.2, 0) is 31.9 Å². The van der Waals surface area contributed by atoms with Crippen molar-refractivity contribution >= 4 is 28.6 Å². The van der Waals surface area contributed by atoms with Gasteiger partial charge in [-0.2, -0.15) is 0 Å². The number of methoxy groups -OCH3 is 2. The van der Waals surface area contributed by atoms with Crippen molar-refractivity contribution in [2.24, 2.45) is 0 Å². The Kier molecular flexibility index (Phi) is 4.77. The summed E-state index contributed by atoms with van der Waals surface area (Å²) in [6.45, 7) is 0. The highest BCUT2D eigenvalue weighted by Crippen LogP contribution is 2.36. The summed E-state index contributed by atoms with van der Waals surface area (Å²) in [6, 6.07) is 5.77. The lowest BCUT2D eigenvalue weighted by Gasteiger charge is -2.23. The van der Waals surface area contributed by atoms with Crippen LogP contribution in [0.4, 0.5) is 5.69 Å². The minimum Gasteiger partial charge on any atom is -0.465 e. The van der Waals surface area contributed by atoms with E-state index >= 15 is 0 Å². The second kappa shape index (κ2) is 7.38. The second-order valence-corrected chi connectivity index (χ2v) is 6.71. The minimum atomic E-state index is -0.620. The lowest BCUT2D eigenvalue weighted by molar-refractivity contribution is -0.139. The Morgan fingerprint density at radius 1 is 1.04 bits per heavy atom. The first-order chi connectivity index (χ1) is 13.6. The quantitative estimate of drug-likeness (QED) is 0.756. The van der Waals surface area contributed by atoms with Crippen molar-refractivity contribution < 1.29 is 23.5 Å². The van der Waals surface area contributed by atoms with Gasteiger partial charge in [-0.05, 0) is 49.6 Å². The van der Waals surface area contributed by atoms with E-state index in [1.54, 1.807) is 29.3 Å². The zero-order valence-electron chi connectivity index (χ0n) is 15.9. The van der Waals surface area contributed by atoms with Gasteiger partial charge in [0.25, 0.3) is 0 Å². The van der Waals surface area contributed by atoms with Gasteiger partial charge in [0.1, 0.15) is 17.0 Å². The second-order valence-electron chi connectivity index (χ2n) is 6.71. The highest BCUT2D eigenvalue weighted by molar-refractivity contribution is 6.05. The normalized spacial score (nSPS) is 16.1. The number of hydrogen-bond acceptors (Lipinski definition) is 6. The summed E-state index contributed by atoms with van der Waals surface area (Å²) in [4.78, 5) is 26.5. The maximum atomic E-state index is 12.6. The largest absolute Gasteiger partial charge is 0.465 e. The smallest absolute Gasteiger partial charge is 0.355 e. The van der Waals surface area contributed by atoms with Crippen LogP contribution >= 0.6 is 0 Å². The Morgan fingerprint density at radius 3 is 2.61 bits per heavy atom. The molecule has 0 spiro atoms. The molecule has 0 bridgehead atoms. The summed E-state index contributed by atoms with van der Waals surface area (Å²) < 4.78 is 15.8. The number of fused-ring (bicyclic) bond motifs is 3. The number of esters is 2. The van der Waals surface area contributed by atoms with Crippen LogP contribution in [-0.4, -0.2) is 26.2 Å². The van der Waals surface area contributed by atoms with Gasteiger partial charge in [0, 0.05) is 29.3 Å². The Morgan fingerprint density at radius 2 is 1.82 bits per heavy atom. The lowest BCUT2D eigenvalue weighted by Crippen LogP contribution is -2.26. The average Bonchev–Trinajstić information content (AvgIpc) is 2.95. The van der Waals surface area contributed by atoms with Gasteiger partial charge in [0.05, 0.1) is 19.8 Å². The first kappa shape index (κ1) is 18.1. The molecule has 6 heteroatoms. The number of ether oxygens (including phenoxy) is 2. The van der Waals surface area contributed by atoms with Crippen molar-refractivity contribution in [1.29, 1.82) is 0 Å². The van der Waals surface area contributed by atoms with Crippen LogP contribution in [0.3, 0.4) is 0 Å². The number of benzene rings is 1. The summed E-state index contributed by atoms with van der Waals surface area (Å²) in [7, 11) is 2.57. The fourth-order valence-corrected chi connectivity index (χ4v) is 3.77. The number of nitrogens with zero attached hydrogens (tertiary/aromatic N) is 1. The highest BCUT2D eigenvalue weighted by atomic mass is 16.5. The van der Waals surface area contributed by atoms with E-state index in [1.807, 2.05) is 18.2 Å². The van der Waals surface area contributed by atoms with Crippen molar-refractivity contribution in [1.82, 2.24) is 0 Å². The summed E-state index contributed by atoms with van der Waals surface area (Å²) in [5.41, 5.74) is 3.05. The number of hydrogen-bond donors (Lipinski definition) is 0. The molecule has 1 aliphatic heterocycles. The standard InChI is InChI=1S/C22H21NO5/c1-26-21(24)16-8-5-6-12-23(20(16)22(25)27-2)14-10-11-19-17(13-14)15-7-3-4-9-18(15)28-19/h5-6,8,10-13H,3-4,7,9H2,1-2H3. The predicted molar refractivity (Wildman–Crippen MR) is 105 cm³/mol. The van der Waals surface area contributed by atoms with Gasteiger partial charge in [0.15, 0.2) is 0 Å². The van der Waals surface area contributed by atoms with Crippen LogP contribution in [0.1, 0.15) is 24.2 Å². The van der Waals surface area contributed by atoms with Crippen LogP contribution in [0.15, 0.2) is 58.3 Å². The molecule has 2 heterocycles. The molecule has 1 aromatic heterocycles. The van der Waals surface area contributed by atoms with Gasteiger partial charge in [-0.1, -0.05) is 6.08 Å². The third kappa shape index (κ3) is 3.01. The first-order valence-corrected chi connectivity index (χ1v) is 9.23. The van der Waals surface area contributed by atoms with E-state index in [9.17, 15) is 9.59 Å². The molecule has 1 aliphatic carbocycles. The molecule has 28 heavy (non-hydrogen) atoms. The number of furan rings is 1. The van der Waals surface area contributed by atoms with Gasteiger partial charge in [0.2, 0.25) is 0 Å². The Labute approximate surface area is 162 Å². The summed E-state index contributed by atoms with van der Waals surface area (Å²) in [6.07, 6.45) is 10.9. The topological polar surface area (TPSA) is 69.0 Å². The molecule has 0 N–H and O–H groups in total. The van der Waals surface area contributed by atoms with E-state index in [1.165, 1.54) is 19.8 Å². The Hall–Kier alpha value is -3.28. The third-order valence-electron chi connectivity index (χ3n) is 5.11. The van der Waals surface area contributed by atoms with Gasteiger partial charge in [-0.15, -0.1) is 0 Å². The van der Waals surface area contributed by atoms with Crippen molar-refractivity contribution in [3.63, 3.8) is 0 Å². The zero-order valence-corrected chi connectivity index (χ0v) is 15.9. The monoisotopic (exact) mass is 379 g/mol. The first-order valence-electron chi connectivity index (χ1n) is 9.23. The molecule has 0 unspecified atom stereocenters. The van der Waals surface area contributed by atoms with Crippen molar-refractivity contribution in [3.05, 3.63) is 65.2 Å². The number of allylic oxidation sites excluding steroid dienone is 2. The maximum Gasteiger partial charge on any atom is 0.355 e. The fraction of sp³-hybridized carbons (Fsp3) is 0.273. The molecule has 4 rings (SSSR count). The lowest BCUT2D eigenvalue weighted by atomic mass is 9.96. The van der Waals surface area contributed by atoms with E-state index in [-0.39, 0.29) is 11.3 Å². The number of carbonyl (C=O) groups excluding carboxylic acids is 2. The van der Waals surface area contributed by atoms with Crippen molar-refractivity contribution in [2.75, 3.05) is 19.1 Å². The third-order valence-corrected chi connectivity index (χ3v) is 5.11. The summed E-state index contributed by atoms with van der Waals surface area (Å²) >= 11 is 0. The van der Waals surface area contributed by atoms with Crippen LogP contribution in [0.25, 0.3) is 11.0 Å². The Bertz CT molecular complexity index is 1040. The van der Waals surface area contributed by atoms with Gasteiger partial charge in [-0.25, -0.2) is 9.59 Å². The summed E-state index contributed by atoms with van der Waals surface area (Å²) in [5.74, 6) is -0.177. The van der Waals surface area contributed by atoms with Crippen LogP contribution < -0.4 is 4.90 Å². The highest BCUT2D eigenvalue weighted by Gasteiger charge is 2.28.